The van der Waals surface area contributed by atoms with Crippen molar-refractivity contribution in [3.8, 4) is 11.5 Å². The Morgan fingerprint density at radius 1 is 1.18 bits per heavy atom. The Bertz CT molecular complexity index is 550. The second kappa shape index (κ2) is 4.93. The predicted molar refractivity (Wildman–Crippen MR) is 62.6 cm³/mol. The number of benzene rings is 1. The zero-order valence-electron chi connectivity index (χ0n) is 9.48. The molecule has 0 aliphatic rings. The minimum absolute atomic E-state index is 0.0295. The first kappa shape index (κ1) is 13.8. The van der Waals surface area contributed by atoms with Gasteiger partial charge in [0.25, 0.3) is 9.05 Å². The number of ketones is 1. The summed E-state index contributed by atoms with van der Waals surface area (Å²) in [6, 6.07) is 2.45. The van der Waals surface area contributed by atoms with Crippen LogP contribution in [0.25, 0.3) is 0 Å². The van der Waals surface area contributed by atoms with Crippen molar-refractivity contribution in [1.29, 1.82) is 0 Å². The van der Waals surface area contributed by atoms with Crippen LogP contribution in [0, 0.1) is 0 Å². The van der Waals surface area contributed by atoms with Gasteiger partial charge in [-0.1, -0.05) is 0 Å². The van der Waals surface area contributed by atoms with Gasteiger partial charge in [0.1, 0.15) is 16.4 Å². The number of halogens is 1. The number of hydrogen-bond donors (Lipinski definition) is 0. The predicted octanol–water partition coefficient (Wildman–Crippen LogP) is 1.83. The van der Waals surface area contributed by atoms with Crippen LogP contribution in [0.4, 0.5) is 0 Å². The largest absolute Gasteiger partial charge is 0.496 e. The van der Waals surface area contributed by atoms with Gasteiger partial charge in [-0.05, 0) is 13.0 Å². The molecule has 0 saturated heterocycles. The van der Waals surface area contributed by atoms with Crippen LogP contribution < -0.4 is 9.47 Å². The topological polar surface area (TPSA) is 69.7 Å². The van der Waals surface area contributed by atoms with Crippen LogP contribution in [0.5, 0.6) is 11.5 Å². The summed E-state index contributed by atoms with van der Waals surface area (Å²) in [7, 11) is 3.94. The lowest BCUT2D eigenvalue weighted by molar-refractivity contribution is 0.101. The average Bonchev–Trinajstić information content (AvgIpc) is 2.25. The van der Waals surface area contributed by atoms with Crippen molar-refractivity contribution in [1.82, 2.24) is 0 Å². The van der Waals surface area contributed by atoms with Crippen LogP contribution in [0.1, 0.15) is 17.3 Å². The fraction of sp³-hybridized carbons (Fsp3) is 0.300. The Hall–Kier alpha value is -1.27. The van der Waals surface area contributed by atoms with Crippen molar-refractivity contribution in [3.63, 3.8) is 0 Å². The van der Waals surface area contributed by atoms with E-state index in [-0.39, 0.29) is 27.7 Å². The first-order chi connectivity index (χ1) is 7.81. The molecular weight excluding hydrogens is 268 g/mol. The maximum Gasteiger partial charge on any atom is 0.265 e. The van der Waals surface area contributed by atoms with Gasteiger partial charge < -0.3 is 9.47 Å². The lowest BCUT2D eigenvalue weighted by atomic mass is 10.1. The summed E-state index contributed by atoms with van der Waals surface area (Å²) >= 11 is 0. The lowest BCUT2D eigenvalue weighted by Gasteiger charge is -2.11. The van der Waals surface area contributed by atoms with Gasteiger partial charge in [0.15, 0.2) is 5.78 Å². The number of carbonyl (C=O) groups excluding carboxylic acids is 1. The van der Waals surface area contributed by atoms with E-state index in [1.807, 2.05) is 0 Å². The summed E-state index contributed by atoms with van der Waals surface area (Å²) in [5.74, 6) is -0.0636. The smallest absolute Gasteiger partial charge is 0.265 e. The molecule has 1 aromatic rings. The minimum atomic E-state index is -3.99. The molecule has 0 aliphatic carbocycles. The summed E-state index contributed by atoms with van der Waals surface area (Å²) in [5.41, 5.74) is 0.132. The standard InChI is InChI=1S/C10H11ClO5S/c1-6(12)7-4-10(17(11,13)14)9(16-3)5-8(7)15-2/h4-5H,1-3H3. The summed E-state index contributed by atoms with van der Waals surface area (Å²) in [5, 5.41) is 0. The van der Waals surface area contributed by atoms with Crippen LogP contribution in [-0.4, -0.2) is 28.4 Å². The Morgan fingerprint density at radius 2 is 1.71 bits per heavy atom. The van der Waals surface area contributed by atoms with Gasteiger partial charge in [-0.2, -0.15) is 0 Å². The van der Waals surface area contributed by atoms with E-state index in [0.29, 0.717) is 0 Å². The van der Waals surface area contributed by atoms with Crippen molar-refractivity contribution in [2.45, 2.75) is 11.8 Å². The van der Waals surface area contributed by atoms with Crippen molar-refractivity contribution >= 4 is 25.5 Å². The van der Waals surface area contributed by atoms with Crippen molar-refractivity contribution in [3.05, 3.63) is 17.7 Å². The first-order valence-corrected chi connectivity index (χ1v) is 6.83. The third-order valence-electron chi connectivity index (χ3n) is 2.13. The first-order valence-electron chi connectivity index (χ1n) is 4.53. The molecule has 0 aliphatic heterocycles. The summed E-state index contributed by atoms with van der Waals surface area (Å²) in [6.45, 7) is 1.30. The highest BCUT2D eigenvalue weighted by molar-refractivity contribution is 8.13. The molecule has 1 rings (SSSR count). The van der Waals surface area contributed by atoms with E-state index in [9.17, 15) is 13.2 Å². The molecule has 0 aromatic heterocycles. The van der Waals surface area contributed by atoms with Gasteiger partial charge >= 0.3 is 0 Å². The van der Waals surface area contributed by atoms with Gasteiger partial charge in [-0.15, -0.1) is 0 Å². The Kier molecular flexibility index (Phi) is 4.00. The molecular formula is C10H11ClO5S. The number of rotatable bonds is 4. The van der Waals surface area contributed by atoms with Crippen LogP contribution >= 0.6 is 10.7 Å². The Labute approximate surface area is 104 Å². The maximum atomic E-state index is 11.3. The molecule has 0 unspecified atom stereocenters. The summed E-state index contributed by atoms with van der Waals surface area (Å²) < 4.78 is 32.5. The second-order valence-corrected chi connectivity index (χ2v) is 5.73. The molecule has 0 atom stereocenters. The maximum absolute atomic E-state index is 11.3. The van der Waals surface area contributed by atoms with Crippen LogP contribution in [0.3, 0.4) is 0 Å². The number of ether oxygens (including phenoxy) is 2. The number of hydrogen-bond acceptors (Lipinski definition) is 5. The van der Waals surface area contributed by atoms with E-state index in [2.05, 4.69) is 0 Å². The number of Topliss-reactive ketones (excluding diaryl/α,β-unsaturated/α-hetero) is 1. The molecule has 7 heteroatoms. The van der Waals surface area contributed by atoms with Crippen molar-refractivity contribution in [2.24, 2.45) is 0 Å². The molecule has 0 spiro atoms. The van der Waals surface area contributed by atoms with E-state index < -0.39 is 9.05 Å². The lowest BCUT2D eigenvalue weighted by Crippen LogP contribution is -2.03. The van der Waals surface area contributed by atoms with Gasteiger partial charge in [0, 0.05) is 16.7 Å². The van der Waals surface area contributed by atoms with Gasteiger partial charge in [-0.25, -0.2) is 8.42 Å². The molecule has 0 saturated carbocycles. The fourth-order valence-corrected chi connectivity index (χ4v) is 2.34. The molecule has 0 N–H and O–H groups in total. The Morgan fingerprint density at radius 3 is 2.06 bits per heavy atom. The van der Waals surface area contributed by atoms with Gasteiger partial charge in [-0.3, -0.25) is 4.79 Å². The molecule has 94 valence electrons. The SMILES string of the molecule is COc1cc(OC)c(S(=O)(=O)Cl)cc1C(C)=O. The van der Waals surface area contributed by atoms with Gasteiger partial charge in [0.2, 0.25) is 0 Å². The van der Waals surface area contributed by atoms with Crippen LogP contribution in [0.2, 0.25) is 0 Å². The molecule has 17 heavy (non-hydrogen) atoms. The number of methoxy groups -OCH3 is 2. The fourth-order valence-electron chi connectivity index (χ4n) is 1.34. The van der Waals surface area contributed by atoms with E-state index in [1.165, 1.54) is 27.2 Å². The molecule has 0 radical (unpaired) electrons. The highest BCUT2D eigenvalue weighted by atomic mass is 35.7. The quantitative estimate of drug-likeness (QED) is 0.621. The monoisotopic (exact) mass is 278 g/mol. The number of carbonyl (C=O) groups is 1. The van der Waals surface area contributed by atoms with Crippen LogP contribution in [0.15, 0.2) is 17.0 Å². The highest BCUT2D eigenvalue weighted by Crippen LogP contribution is 2.34. The molecule has 0 fully saturated rings. The van der Waals surface area contributed by atoms with E-state index in [0.717, 1.165) is 6.07 Å². The normalized spacial score (nSPS) is 11.1. The Balaban J connectivity index is 3.62. The molecule has 0 amide bonds. The third kappa shape index (κ3) is 2.89. The van der Waals surface area contributed by atoms with E-state index in [1.54, 1.807) is 0 Å². The molecule has 0 heterocycles. The zero-order chi connectivity index (χ0) is 13.2. The average molecular weight is 279 g/mol. The van der Waals surface area contributed by atoms with Gasteiger partial charge in [0.05, 0.1) is 19.8 Å². The van der Waals surface area contributed by atoms with Crippen molar-refractivity contribution in [2.75, 3.05) is 14.2 Å². The summed E-state index contributed by atoms with van der Waals surface area (Å²) in [6.07, 6.45) is 0. The molecule has 1 aromatic carbocycles. The van der Waals surface area contributed by atoms with Crippen LogP contribution in [-0.2, 0) is 9.05 Å². The van der Waals surface area contributed by atoms with Crippen molar-refractivity contribution < 1.29 is 22.7 Å². The minimum Gasteiger partial charge on any atom is -0.496 e. The summed E-state index contributed by atoms with van der Waals surface area (Å²) in [4.78, 5) is 11.1. The second-order valence-electron chi connectivity index (χ2n) is 3.20. The third-order valence-corrected chi connectivity index (χ3v) is 3.47. The highest BCUT2D eigenvalue weighted by Gasteiger charge is 2.21. The van der Waals surface area contributed by atoms with E-state index in [4.69, 9.17) is 20.2 Å². The zero-order valence-corrected chi connectivity index (χ0v) is 11.1. The molecule has 5 nitrogen and oxygen atoms in total. The molecule has 0 bridgehead atoms. The van der Waals surface area contributed by atoms with E-state index >= 15 is 0 Å².